The highest BCUT2D eigenvalue weighted by molar-refractivity contribution is 5.77. The van der Waals surface area contributed by atoms with E-state index >= 15 is 4.39 Å². The number of fused-ring (bicyclic) bond motifs is 4. The first-order valence-electron chi connectivity index (χ1n) is 11.0. The maximum absolute atomic E-state index is 15.4. The predicted molar refractivity (Wildman–Crippen MR) is 123 cm³/mol. The Morgan fingerprint density at radius 3 is 2.70 bits per heavy atom. The Morgan fingerprint density at radius 1 is 1.00 bits per heavy atom. The Morgan fingerprint density at radius 2 is 1.91 bits per heavy atom. The van der Waals surface area contributed by atoms with Crippen molar-refractivity contribution in [3.63, 3.8) is 0 Å². The van der Waals surface area contributed by atoms with Gasteiger partial charge in [-0.25, -0.2) is 9.38 Å². The Kier molecular flexibility index (Phi) is 4.66. The second-order valence-corrected chi connectivity index (χ2v) is 8.37. The lowest BCUT2D eigenvalue weighted by atomic mass is 9.76. The van der Waals surface area contributed by atoms with E-state index in [0.717, 1.165) is 34.2 Å². The van der Waals surface area contributed by atoms with Crippen LogP contribution < -0.4 is 10.5 Å². The van der Waals surface area contributed by atoms with Crippen LogP contribution in [0.1, 0.15) is 29.5 Å². The van der Waals surface area contributed by atoms with Gasteiger partial charge in [-0.05, 0) is 53.5 Å². The number of nitrogens with zero attached hydrogens (tertiary/aromatic N) is 2. The fourth-order valence-electron chi connectivity index (χ4n) is 4.83. The topological polar surface area (TPSA) is 79.0 Å². The number of halogens is 1. The fraction of sp³-hybridized carbons (Fsp3) is 0.231. The van der Waals surface area contributed by atoms with Crippen LogP contribution in [-0.4, -0.2) is 30.8 Å². The Labute approximate surface area is 190 Å². The monoisotopic (exact) mass is 443 g/mol. The van der Waals surface area contributed by atoms with Crippen molar-refractivity contribution in [1.29, 1.82) is 0 Å². The number of hydrogen-bond acceptors (Lipinski definition) is 6. The molecule has 0 radical (unpaired) electrons. The molecule has 6 nitrogen and oxygen atoms in total. The summed E-state index contributed by atoms with van der Waals surface area (Å²) in [5.41, 5.74) is 10.3. The van der Waals surface area contributed by atoms with Crippen molar-refractivity contribution in [2.45, 2.75) is 18.4 Å². The van der Waals surface area contributed by atoms with Crippen LogP contribution >= 0.6 is 0 Å². The molecule has 0 saturated carbocycles. The highest BCUT2D eigenvalue weighted by Gasteiger charge is 2.46. The fourth-order valence-corrected chi connectivity index (χ4v) is 4.83. The third-order valence-corrected chi connectivity index (χ3v) is 6.42. The number of pyridine rings is 1. The minimum atomic E-state index is -0.920. The molecule has 0 bridgehead atoms. The lowest BCUT2D eigenvalue weighted by Crippen LogP contribution is -2.39. The maximum atomic E-state index is 15.4. The van der Waals surface area contributed by atoms with Crippen LogP contribution in [0.3, 0.4) is 0 Å². The highest BCUT2D eigenvalue weighted by Crippen LogP contribution is 2.54. The van der Waals surface area contributed by atoms with Crippen molar-refractivity contribution in [2.75, 3.05) is 19.8 Å². The molecule has 1 atom stereocenters. The smallest absolute Gasteiger partial charge is 0.283 e. The quantitative estimate of drug-likeness (QED) is 0.617. The van der Waals surface area contributed by atoms with Crippen LogP contribution in [0, 0.1) is 5.82 Å². The van der Waals surface area contributed by atoms with Gasteiger partial charge in [0.25, 0.3) is 6.02 Å². The minimum Gasteiger partial charge on any atom is -0.465 e. The van der Waals surface area contributed by atoms with Gasteiger partial charge in [-0.3, -0.25) is 4.98 Å². The van der Waals surface area contributed by atoms with Gasteiger partial charge in [0.05, 0.1) is 19.8 Å². The van der Waals surface area contributed by atoms with Gasteiger partial charge >= 0.3 is 0 Å². The first-order valence-corrected chi connectivity index (χ1v) is 11.0. The summed E-state index contributed by atoms with van der Waals surface area (Å²) in [7, 11) is 0. The summed E-state index contributed by atoms with van der Waals surface area (Å²) in [5, 5.41) is 0. The maximum Gasteiger partial charge on any atom is 0.283 e. The van der Waals surface area contributed by atoms with Crippen molar-refractivity contribution in [2.24, 2.45) is 10.7 Å². The zero-order valence-corrected chi connectivity index (χ0v) is 17.9. The molecular formula is C26H22FN3O3. The predicted octanol–water partition coefficient (Wildman–Crippen LogP) is 4.78. The lowest BCUT2D eigenvalue weighted by Gasteiger charge is -2.40. The van der Waals surface area contributed by atoms with Gasteiger partial charge in [0.15, 0.2) is 11.6 Å². The molecule has 3 aromatic rings. The van der Waals surface area contributed by atoms with E-state index in [9.17, 15) is 0 Å². The van der Waals surface area contributed by atoms with E-state index in [1.54, 1.807) is 12.4 Å². The summed E-state index contributed by atoms with van der Waals surface area (Å²) >= 11 is 0. The molecule has 0 saturated heterocycles. The number of benzene rings is 2. The normalized spacial score (nSPS) is 21.2. The van der Waals surface area contributed by atoms with Crippen molar-refractivity contribution in [1.82, 2.24) is 4.98 Å². The third kappa shape index (κ3) is 3.27. The molecule has 3 aliphatic rings. The van der Waals surface area contributed by atoms with Gasteiger partial charge in [-0.1, -0.05) is 18.2 Å². The largest absolute Gasteiger partial charge is 0.465 e. The lowest BCUT2D eigenvalue weighted by molar-refractivity contribution is 0.164. The second kappa shape index (κ2) is 7.71. The van der Waals surface area contributed by atoms with Crippen molar-refractivity contribution < 1.29 is 18.6 Å². The van der Waals surface area contributed by atoms with Crippen LogP contribution in [0.2, 0.25) is 0 Å². The average Bonchev–Trinajstić information content (AvgIpc) is 2.86. The van der Waals surface area contributed by atoms with E-state index in [1.165, 1.54) is 6.07 Å². The molecule has 4 heterocycles. The van der Waals surface area contributed by atoms with Crippen molar-refractivity contribution in [3.05, 3.63) is 83.4 Å². The number of aliphatic imine (C=N–C) groups is 1. The SMILES string of the molecule is NC1=N[C@]2(CCO1)c1cc(-c3cccnc3)ccc1Oc1c(F)cc(C3=CCCOC3)cc12. The summed E-state index contributed by atoms with van der Waals surface area (Å²) in [4.78, 5) is 9.01. The molecule has 0 amide bonds. The van der Waals surface area contributed by atoms with E-state index in [1.807, 2.05) is 36.4 Å². The van der Waals surface area contributed by atoms with Crippen molar-refractivity contribution in [3.8, 4) is 22.6 Å². The third-order valence-electron chi connectivity index (χ3n) is 6.42. The Balaban J connectivity index is 1.58. The zero-order valence-electron chi connectivity index (χ0n) is 17.9. The number of nitrogens with two attached hydrogens (primary N) is 1. The summed E-state index contributed by atoms with van der Waals surface area (Å²) in [5.74, 6) is 0.298. The zero-order chi connectivity index (χ0) is 22.4. The first-order chi connectivity index (χ1) is 16.1. The summed E-state index contributed by atoms with van der Waals surface area (Å²) in [6.07, 6.45) is 6.94. The molecule has 166 valence electrons. The highest BCUT2D eigenvalue weighted by atomic mass is 19.1. The minimum absolute atomic E-state index is 0.0813. The molecule has 7 heteroatoms. The van der Waals surface area contributed by atoms with Crippen LogP contribution in [-0.2, 0) is 15.0 Å². The molecule has 1 spiro atoms. The first kappa shape index (κ1) is 19.9. The van der Waals surface area contributed by atoms with Gasteiger partial charge in [-0.15, -0.1) is 0 Å². The number of ether oxygens (including phenoxy) is 3. The van der Waals surface area contributed by atoms with Gasteiger partial charge < -0.3 is 19.9 Å². The molecule has 1 aromatic heterocycles. The standard InChI is InChI=1S/C26H22FN3O3/c27-22-13-19(18-4-2-9-31-15-18)12-21-24(22)33-23-6-5-16(17-3-1-8-29-14-17)11-20(23)26(21)7-10-32-25(28)30-26/h1,3-6,8,11-14H,2,7,9-10,15H2,(H2,28,30)/t26-/m1/s1. The van der Waals surface area contributed by atoms with Crippen LogP contribution in [0.4, 0.5) is 4.39 Å². The van der Waals surface area contributed by atoms with E-state index < -0.39 is 11.4 Å². The van der Waals surface area contributed by atoms with Gasteiger partial charge in [-0.2, -0.15) is 0 Å². The summed E-state index contributed by atoms with van der Waals surface area (Å²) < 4.78 is 32.6. The number of hydrogen-bond donors (Lipinski definition) is 1. The summed E-state index contributed by atoms with van der Waals surface area (Å²) in [6.45, 7) is 1.48. The van der Waals surface area contributed by atoms with Crippen LogP contribution in [0.15, 0.2) is 65.9 Å². The number of aromatic nitrogens is 1. The molecule has 0 aliphatic carbocycles. The van der Waals surface area contributed by atoms with E-state index in [-0.39, 0.29) is 11.8 Å². The molecule has 3 aliphatic heterocycles. The number of rotatable bonds is 2. The van der Waals surface area contributed by atoms with Crippen LogP contribution in [0.25, 0.3) is 16.7 Å². The summed E-state index contributed by atoms with van der Waals surface area (Å²) in [6, 6.07) is 13.3. The van der Waals surface area contributed by atoms with Gasteiger partial charge in [0.2, 0.25) is 0 Å². The Bertz CT molecular complexity index is 1310. The van der Waals surface area contributed by atoms with E-state index in [0.29, 0.717) is 37.6 Å². The van der Waals surface area contributed by atoms with E-state index in [4.69, 9.17) is 24.9 Å². The van der Waals surface area contributed by atoms with Crippen LogP contribution in [0.5, 0.6) is 11.5 Å². The molecule has 2 N–H and O–H groups in total. The molecular weight excluding hydrogens is 421 g/mol. The Hall–Kier alpha value is -3.71. The molecule has 0 unspecified atom stereocenters. The second-order valence-electron chi connectivity index (χ2n) is 8.37. The van der Waals surface area contributed by atoms with E-state index in [2.05, 4.69) is 11.1 Å². The van der Waals surface area contributed by atoms with Gasteiger partial charge in [0.1, 0.15) is 11.3 Å². The molecule has 6 rings (SSSR count). The van der Waals surface area contributed by atoms with Gasteiger partial charge in [0, 0.05) is 35.5 Å². The molecule has 33 heavy (non-hydrogen) atoms. The number of amidine groups is 1. The molecule has 2 aromatic carbocycles. The van der Waals surface area contributed by atoms with Crippen molar-refractivity contribution >= 4 is 11.6 Å². The average molecular weight is 443 g/mol. The molecule has 0 fully saturated rings.